The van der Waals surface area contributed by atoms with Gasteiger partial charge in [-0.25, -0.2) is 13.6 Å². The van der Waals surface area contributed by atoms with Gasteiger partial charge in [-0.15, -0.1) is 0 Å². The van der Waals surface area contributed by atoms with E-state index in [0.717, 1.165) is 17.7 Å². The largest absolute Gasteiger partial charge is 0.492 e. The molecule has 0 atom stereocenters. The molecule has 0 aliphatic heterocycles. The van der Waals surface area contributed by atoms with E-state index in [2.05, 4.69) is 10.6 Å². The summed E-state index contributed by atoms with van der Waals surface area (Å²) in [6, 6.07) is 7.84. The molecule has 2 aromatic carbocycles. The fraction of sp³-hybridized carbons (Fsp3) is 0.188. The van der Waals surface area contributed by atoms with Gasteiger partial charge < -0.3 is 15.4 Å². The summed E-state index contributed by atoms with van der Waals surface area (Å²) in [6.07, 6.45) is 0. The number of urea groups is 1. The van der Waals surface area contributed by atoms with Gasteiger partial charge >= 0.3 is 6.03 Å². The molecule has 0 saturated carbocycles. The minimum absolute atomic E-state index is 0.163. The number of rotatable bonds is 5. The second-order valence-electron chi connectivity index (χ2n) is 4.77. The number of halogens is 3. The van der Waals surface area contributed by atoms with E-state index in [4.69, 9.17) is 16.3 Å². The Hall–Kier alpha value is -2.34. The average molecular weight is 341 g/mol. The van der Waals surface area contributed by atoms with Crippen molar-refractivity contribution in [1.82, 2.24) is 5.32 Å². The van der Waals surface area contributed by atoms with Gasteiger partial charge in [0.25, 0.3) is 0 Å². The van der Waals surface area contributed by atoms with Crippen LogP contribution in [-0.4, -0.2) is 19.2 Å². The molecule has 0 aliphatic rings. The van der Waals surface area contributed by atoms with Gasteiger partial charge in [-0.3, -0.25) is 0 Å². The highest BCUT2D eigenvalue weighted by Gasteiger charge is 2.06. The van der Waals surface area contributed by atoms with Gasteiger partial charge in [0.15, 0.2) is 11.6 Å². The van der Waals surface area contributed by atoms with E-state index in [1.165, 1.54) is 6.07 Å². The summed E-state index contributed by atoms with van der Waals surface area (Å²) >= 11 is 5.91. The first-order valence-electron chi connectivity index (χ1n) is 6.84. The lowest BCUT2D eigenvalue weighted by Crippen LogP contribution is -2.32. The molecular weight excluding hydrogens is 326 g/mol. The number of carbonyl (C=O) groups is 1. The average Bonchev–Trinajstić information content (AvgIpc) is 2.51. The van der Waals surface area contributed by atoms with Gasteiger partial charge in [-0.2, -0.15) is 0 Å². The predicted octanol–water partition coefficient (Wildman–Crippen LogP) is 4.13. The zero-order valence-corrected chi connectivity index (χ0v) is 13.1. The first kappa shape index (κ1) is 17.0. The van der Waals surface area contributed by atoms with E-state index in [0.29, 0.717) is 10.8 Å². The van der Waals surface area contributed by atoms with Crippen molar-refractivity contribution in [2.75, 3.05) is 18.5 Å². The molecule has 2 rings (SSSR count). The Morgan fingerprint density at radius 1 is 1.17 bits per heavy atom. The Labute approximate surface area is 137 Å². The van der Waals surface area contributed by atoms with Gasteiger partial charge in [0, 0.05) is 16.8 Å². The number of benzene rings is 2. The topological polar surface area (TPSA) is 50.4 Å². The number of aryl methyl sites for hydroxylation is 1. The summed E-state index contributed by atoms with van der Waals surface area (Å²) in [5, 5.41) is 5.59. The van der Waals surface area contributed by atoms with Crippen LogP contribution in [0.4, 0.5) is 19.3 Å². The standard InChI is InChI=1S/C16H15ClF2N2O2/c1-10-8-12(3-4-13(10)17)23-7-6-20-16(22)21-11-2-5-14(18)15(19)9-11/h2-5,8-9H,6-7H2,1H3,(H2,20,21,22). The summed E-state index contributed by atoms with van der Waals surface area (Å²) in [4.78, 5) is 11.6. The lowest BCUT2D eigenvalue weighted by Gasteiger charge is -2.10. The molecule has 2 amide bonds. The first-order chi connectivity index (χ1) is 11.0. The van der Waals surface area contributed by atoms with E-state index >= 15 is 0 Å². The summed E-state index contributed by atoms with van der Waals surface area (Å²) in [7, 11) is 0. The Morgan fingerprint density at radius 2 is 1.96 bits per heavy atom. The maximum atomic E-state index is 13.0. The van der Waals surface area contributed by atoms with Crippen LogP contribution < -0.4 is 15.4 Å². The van der Waals surface area contributed by atoms with Crippen LogP contribution in [0.15, 0.2) is 36.4 Å². The van der Waals surface area contributed by atoms with Crippen LogP contribution in [0.5, 0.6) is 5.75 Å². The molecule has 2 aromatic rings. The van der Waals surface area contributed by atoms with Crippen molar-refractivity contribution in [3.05, 3.63) is 58.6 Å². The third kappa shape index (κ3) is 5.10. The molecule has 0 radical (unpaired) electrons. The maximum Gasteiger partial charge on any atom is 0.319 e. The quantitative estimate of drug-likeness (QED) is 0.804. The third-order valence-electron chi connectivity index (χ3n) is 2.96. The molecule has 2 N–H and O–H groups in total. The second kappa shape index (κ2) is 7.78. The predicted molar refractivity (Wildman–Crippen MR) is 85.1 cm³/mol. The molecule has 0 saturated heterocycles. The number of hydrogen-bond donors (Lipinski definition) is 2. The lowest BCUT2D eigenvalue weighted by atomic mass is 10.2. The van der Waals surface area contributed by atoms with E-state index in [9.17, 15) is 13.6 Å². The SMILES string of the molecule is Cc1cc(OCCNC(=O)Nc2ccc(F)c(F)c2)ccc1Cl. The van der Waals surface area contributed by atoms with Crippen LogP contribution in [0.3, 0.4) is 0 Å². The fourth-order valence-corrected chi connectivity index (χ4v) is 1.91. The van der Waals surface area contributed by atoms with Gasteiger partial charge in [-0.05, 0) is 42.8 Å². The van der Waals surface area contributed by atoms with Gasteiger partial charge in [0.1, 0.15) is 12.4 Å². The van der Waals surface area contributed by atoms with Crippen LogP contribution in [0.1, 0.15) is 5.56 Å². The number of carbonyl (C=O) groups excluding carboxylic acids is 1. The van der Waals surface area contributed by atoms with Crippen molar-refractivity contribution in [1.29, 1.82) is 0 Å². The molecule has 122 valence electrons. The molecule has 4 nitrogen and oxygen atoms in total. The molecular formula is C16H15ClF2N2O2. The highest BCUT2D eigenvalue weighted by Crippen LogP contribution is 2.20. The molecule has 0 aromatic heterocycles. The Morgan fingerprint density at radius 3 is 2.65 bits per heavy atom. The Balaban J connectivity index is 1.74. The third-order valence-corrected chi connectivity index (χ3v) is 3.39. The van der Waals surface area contributed by atoms with Crippen molar-refractivity contribution >= 4 is 23.3 Å². The van der Waals surface area contributed by atoms with Gasteiger partial charge in [0.05, 0.1) is 6.54 Å². The summed E-state index contributed by atoms with van der Waals surface area (Å²) in [6.45, 7) is 2.37. The van der Waals surface area contributed by atoms with Crippen LogP contribution in [0.2, 0.25) is 5.02 Å². The number of amides is 2. The van der Waals surface area contributed by atoms with Gasteiger partial charge in [-0.1, -0.05) is 11.6 Å². The Kier molecular flexibility index (Phi) is 5.76. The normalized spacial score (nSPS) is 10.3. The number of anilines is 1. The second-order valence-corrected chi connectivity index (χ2v) is 5.18. The zero-order chi connectivity index (χ0) is 16.8. The number of hydrogen-bond acceptors (Lipinski definition) is 2. The molecule has 0 heterocycles. The highest BCUT2D eigenvalue weighted by atomic mass is 35.5. The molecule has 0 bridgehead atoms. The number of nitrogens with one attached hydrogen (secondary N) is 2. The summed E-state index contributed by atoms with van der Waals surface area (Å²) < 4.78 is 31.2. The van der Waals surface area contributed by atoms with Crippen LogP contribution >= 0.6 is 11.6 Å². The summed E-state index contributed by atoms with van der Waals surface area (Å²) in [5.41, 5.74) is 1.06. The molecule has 7 heteroatoms. The Bertz CT molecular complexity index is 710. The smallest absolute Gasteiger partial charge is 0.319 e. The van der Waals surface area contributed by atoms with Crippen LogP contribution in [0, 0.1) is 18.6 Å². The van der Waals surface area contributed by atoms with Crippen molar-refractivity contribution in [2.24, 2.45) is 0 Å². The minimum atomic E-state index is -1.02. The highest BCUT2D eigenvalue weighted by molar-refractivity contribution is 6.31. The van der Waals surface area contributed by atoms with E-state index in [-0.39, 0.29) is 18.8 Å². The van der Waals surface area contributed by atoms with Crippen molar-refractivity contribution in [2.45, 2.75) is 6.92 Å². The minimum Gasteiger partial charge on any atom is -0.492 e. The molecule has 23 heavy (non-hydrogen) atoms. The maximum absolute atomic E-state index is 13.0. The first-order valence-corrected chi connectivity index (χ1v) is 7.22. The van der Waals surface area contributed by atoms with Crippen molar-refractivity contribution < 1.29 is 18.3 Å². The van der Waals surface area contributed by atoms with Gasteiger partial charge in [0.2, 0.25) is 0 Å². The monoisotopic (exact) mass is 340 g/mol. The summed E-state index contributed by atoms with van der Waals surface area (Å²) in [5.74, 6) is -1.35. The molecule has 0 fully saturated rings. The fourth-order valence-electron chi connectivity index (χ4n) is 1.79. The van der Waals surface area contributed by atoms with E-state index in [1.54, 1.807) is 18.2 Å². The molecule has 0 unspecified atom stereocenters. The van der Waals surface area contributed by atoms with Crippen molar-refractivity contribution in [3.8, 4) is 5.75 Å². The van der Waals surface area contributed by atoms with E-state index < -0.39 is 17.7 Å². The van der Waals surface area contributed by atoms with Crippen LogP contribution in [-0.2, 0) is 0 Å². The van der Waals surface area contributed by atoms with Crippen molar-refractivity contribution in [3.63, 3.8) is 0 Å². The zero-order valence-electron chi connectivity index (χ0n) is 12.3. The van der Waals surface area contributed by atoms with E-state index in [1.807, 2.05) is 6.92 Å². The van der Waals surface area contributed by atoms with Crippen LogP contribution in [0.25, 0.3) is 0 Å². The number of ether oxygens (including phenoxy) is 1. The molecule has 0 aliphatic carbocycles. The lowest BCUT2D eigenvalue weighted by molar-refractivity contribution is 0.247. The molecule has 0 spiro atoms.